The monoisotopic (exact) mass is 385 g/mol. The summed E-state index contributed by atoms with van der Waals surface area (Å²) in [7, 11) is 0. The number of nitrogen functional groups attached to an aromatic ring is 1. The molecule has 3 rings (SSSR count). The lowest BCUT2D eigenvalue weighted by Gasteiger charge is -2.10. The zero-order chi connectivity index (χ0) is 20.6. The van der Waals surface area contributed by atoms with E-state index in [1.54, 1.807) is 42.6 Å². The van der Waals surface area contributed by atoms with Crippen molar-refractivity contribution in [1.82, 2.24) is 10.3 Å². The van der Waals surface area contributed by atoms with Gasteiger partial charge in [0, 0.05) is 23.9 Å². The molecule has 0 unspecified atom stereocenters. The van der Waals surface area contributed by atoms with Gasteiger partial charge < -0.3 is 16.4 Å². The number of amides is 1. The van der Waals surface area contributed by atoms with E-state index in [0.29, 0.717) is 34.7 Å². The number of carbonyl (C=O) groups is 1. The second-order valence-electron chi connectivity index (χ2n) is 6.65. The van der Waals surface area contributed by atoms with Gasteiger partial charge in [-0.1, -0.05) is 31.2 Å². The van der Waals surface area contributed by atoms with E-state index in [2.05, 4.69) is 28.6 Å². The van der Waals surface area contributed by atoms with Crippen molar-refractivity contribution < 1.29 is 4.79 Å². The SMILES string of the molecule is CCCNCc1cnc(-c2ccc(C(=O)Nc3ccccc3N)cc2)c(C#N)c1. The van der Waals surface area contributed by atoms with E-state index in [-0.39, 0.29) is 5.91 Å². The maximum Gasteiger partial charge on any atom is 0.255 e. The first-order valence-electron chi connectivity index (χ1n) is 9.48. The molecule has 0 aliphatic heterocycles. The molecule has 0 saturated heterocycles. The van der Waals surface area contributed by atoms with Crippen LogP contribution in [0.3, 0.4) is 0 Å². The molecule has 4 N–H and O–H groups in total. The number of nitrogens with one attached hydrogen (secondary N) is 2. The average molecular weight is 385 g/mol. The summed E-state index contributed by atoms with van der Waals surface area (Å²) in [4.78, 5) is 16.9. The third-order valence-electron chi connectivity index (χ3n) is 4.45. The molecular weight excluding hydrogens is 362 g/mol. The van der Waals surface area contributed by atoms with Crippen LogP contribution in [0.5, 0.6) is 0 Å². The van der Waals surface area contributed by atoms with Crippen molar-refractivity contribution in [1.29, 1.82) is 5.26 Å². The minimum atomic E-state index is -0.250. The van der Waals surface area contributed by atoms with Crippen molar-refractivity contribution >= 4 is 17.3 Å². The van der Waals surface area contributed by atoms with E-state index in [4.69, 9.17) is 5.73 Å². The number of para-hydroxylation sites is 2. The van der Waals surface area contributed by atoms with Gasteiger partial charge in [-0.05, 0) is 48.9 Å². The van der Waals surface area contributed by atoms with Crippen LogP contribution in [0.2, 0.25) is 0 Å². The zero-order valence-corrected chi connectivity index (χ0v) is 16.3. The second kappa shape index (κ2) is 9.49. The number of hydrogen-bond donors (Lipinski definition) is 3. The van der Waals surface area contributed by atoms with Crippen LogP contribution in [0.25, 0.3) is 11.3 Å². The number of nitriles is 1. The number of carbonyl (C=O) groups excluding carboxylic acids is 1. The van der Waals surface area contributed by atoms with E-state index < -0.39 is 0 Å². The minimum Gasteiger partial charge on any atom is -0.397 e. The van der Waals surface area contributed by atoms with Crippen molar-refractivity contribution in [3.05, 3.63) is 77.5 Å². The summed E-state index contributed by atoms with van der Waals surface area (Å²) in [5.41, 5.74) is 10.3. The van der Waals surface area contributed by atoms with E-state index in [9.17, 15) is 10.1 Å². The summed E-state index contributed by atoms with van der Waals surface area (Å²) >= 11 is 0. The Bertz CT molecular complexity index is 1040. The third kappa shape index (κ3) is 4.98. The van der Waals surface area contributed by atoms with Crippen LogP contribution in [0.15, 0.2) is 60.8 Å². The number of anilines is 2. The van der Waals surface area contributed by atoms with Crippen LogP contribution in [-0.4, -0.2) is 17.4 Å². The largest absolute Gasteiger partial charge is 0.397 e. The highest BCUT2D eigenvalue weighted by molar-refractivity contribution is 6.05. The van der Waals surface area contributed by atoms with Crippen molar-refractivity contribution in [2.45, 2.75) is 19.9 Å². The zero-order valence-electron chi connectivity index (χ0n) is 16.3. The molecule has 0 aliphatic carbocycles. The van der Waals surface area contributed by atoms with Gasteiger partial charge in [0.1, 0.15) is 6.07 Å². The molecule has 29 heavy (non-hydrogen) atoms. The summed E-state index contributed by atoms with van der Waals surface area (Å²) in [6.45, 7) is 3.70. The maximum atomic E-state index is 12.5. The first kappa shape index (κ1) is 20.1. The highest BCUT2D eigenvalue weighted by Gasteiger charge is 2.11. The predicted octanol–water partition coefficient (Wildman–Crippen LogP) is 3.95. The Labute approximate surface area is 170 Å². The highest BCUT2D eigenvalue weighted by atomic mass is 16.1. The van der Waals surface area contributed by atoms with E-state index in [0.717, 1.165) is 24.1 Å². The molecule has 3 aromatic rings. The predicted molar refractivity (Wildman–Crippen MR) is 115 cm³/mol. The first-order valence-corrected chi connectivity index (χ1v) is 9.48. The van der Waals surface area contributed by atoms with Gasteiger partial charge in [-0.3, -0.25) is 9.78 Å². The summed E-state index contributed by atoms with van der Waals surface area (Å²) in [6.07, 6.45) is 2.82. The molecule has 6 heteroatoms. The quantitative estimate of drug-likeness (QED) is 0.422. The van der Waals surface area contributed by atoms with Crippen molar-refractivity contribution in [2.24, 2.45) is 0 Å². The average Bonchev–Trinajstić information content (AvgIpc) is 2.75. The molecule has 0 bridgehead atoms. The van der Waals surface area contributed by atoms with Crippen molar-refractivity contribution in [3.63, 3.8) is 0 Å². The standard InChI is InChI=1S/C23H23N5O/c1-2-11-26-14-16-12-19(13-24)22(27-15-16)17-7-9-18(10-8-17)23(29)28-21-6-4-3-5-20(21)25/h3-10,12,15,26H,2,11,14,25H2,1H3,(H,28,29). The Morgan fingerprint density at radius 3 is 2.62 bits per heavy atom. The maximum absolute atomic E-state index is 12.5. The van der Waals surface area contributed by atoms with E-state index >= 15 is 0 Å². The molecule has 146 valence electrons. The van der Waals surface area contributed by atoms with Crippen LogP contribution in [0.1, 0.15) is 34.8 Å². The van der Waals surface area contributed by atoms with E-state index in [1.165, 1.54) is 0 Å². The second-order valence-corrected chi connectivity index (χ2v) is 6.65. The van der Waals surface area contributed by atoms with Gasteiger partial charge in [-0.25, -0.2) is 0 Å². The molecule has 0 spiro atoms. The molecule has 0 aliphatic rings. The van der Waals surface area contributed by atoms with Gasteiger partial charge in [-0.15, -0.1) is 0 Å². The highest BCUT2D eigenvalue weighted by Crippen LogP contribution is 2.23. The molecule has 0 saturated carbocycles. The van der Waals surface area contributed by atoms with Crippen LogP contribution in [0, 0.1) is 11.3 Å². The summed E-state index contributed by atoms with van der Waals surface area (Å²) < 4.78 is 0. The van der Waals surface area contributed by atoms with Gasteiger partial charge in [-0.2, -0.15) is 5.26 Å². The molecule has 1 heterocycles. The Kier molecular flexibility index (Phi) is 6.56. The number of pyridine rings is 1. The number of hydrogen-bond acceptors (Lipinski definition) is 5. The smallest absolute Gasteiger partial charge is 0.255 e. The fourth-order valence-corrected chi connectivity index (χ4v) is 2.91. The number of rotatable bonds is 7. The van der Waals surface area contributed by atoms with E-state index in [1.807, 2.05) is 18.2 Å². The molecule has 6 nitrogen and oxygen atoms in total. The molecule has 0 radical (unpaired) electrons. The van der Waals surface area contributed by atoms with Gasteiger partial charge in [0.15, 0.2) is 0 Å². The van der Waals surface area contributed by atoms with Crippen LogP contribution < -0.4 is 16.4 Å². The summed E-state index contributed by atoms with van der Waals surface area (Å²) in [6, 6.07) is 18.2. The Morgan fingerprint density at radius 2 is 1.93 bits per heavy atom. The molecule has 2 aromatic carbocycles. The minimum absolute atomic E-state index is 0.250. The lowest BCUT2D eigenvalue weighted by molar-refractivity contribution is 0.102. The fourth-order valence-electron chi connectivity index (χ4n) is 2.91. The number of nitrogens with two attached hydrogens (primary N) is 1. The number of benzene rings is 2. The molecule has 1 amide bonds. The van der Waals surface area contributed by atoms with Gasteiger partial charge >= 0.3 is 0 Å². The van der Waals surface area contributed by atoms with Crippen molar-refractivity contribution in [3.8, 4) is 17.3 Å². The number of aromatic nitrogens is 1. The van der Waals surface area contributed by atoms with Crippen LogP contribution >= 0.6 is 0 Å². The molecule has 1 aromatic heterocycles. The van der Waals surface area contributed by atoms with Crippen molar-refractivity contribution in [2.75, 3.05) is 17.6 Å². The topological polar surface area (TPSA) is 104 Å². The van der Waals surface area contributed by atoms with Gasteiger partial charge in [0.25, 0.3) is 5.91 Å². The molecular formula is C23H23N5O. The van der Waals surface area contributed by atoms with Crippen LogP contribution in [-0.2, 0) is 6.54 Å². The third-order valence-corrected chi connectivity index (χ3v) is 4.45. The Hall–Kier alpha value is -3.69. The lowest BCUT2D eigenvalue weighted by Crippen LogP contribution is -2.14. The first-order chi connectivity index (χ1) is 14.1. The van der Waals surface area contributed by atoms with Gasteiger partial charge in [0.2, 0.25) is 0 Å². The summed E-state index contributed by atoms with van der Waals surface area (Å²) in [5, 5.41) is 15.6. The Morgan fingerprint density at radius 1 is 1.17 bits per heavy atom. The normalized spacial score (nSPS) is 10.3. The molecule has 0 atom stereocenters. The van der Waals surface area contributed by atoms with Gasteiger partial charge in [0.05, 0.1) is 22.6 Å². The fraction of sp³-hybridized carbons (Fsp3) is 0.174. The van der Waals surface area contributed by atoms with Crippen LogP contribution in [0.4, 0.5) is 11.4 Å². The molecule has 0 fully saturated rings. The summed E-state index contributed by atoms with van der Waals surface area (Å²) in [5.74, 6) is -0.250. The lowest BCUT2D eigenvalue weighted by atomic mass is 10.0. The number of nitrogens with zero attached hydrogens (tertiary/aromatic N) is 2. The Balaban J connectivity index is 1.76.